The number of nitrogens with two attached hydrogens (primary N) is 1. The van der Waals surface area contributed by atoms with Crippen LogP contribution in [0.2, 0.25) is 0 Å². The Labute approximate surface area is 116 Å². The SMILES string of the molecule is CCCCN(CCN)c1ncnc2c1CCCCC2. The van der Waals surface area contributed by atoms with Gasteiger partial charge in [0.15, 0.2) is 0 Å². The summed E-state index contributed by atoms with van der Waals surface area (Å²) < 4.78 is 0. The maximum atomic E-state index is 5.76. The summed E-state index contributed by atoms with van der Waals surface area (Å²) in [5.74, 6) is 1.14. The Bertz CT molecular complexity index is 392. The van der Waals surface area contributed by atoms with Gasteiger partial charge in [0.05, 0.1) is 0 Å². The van der Waals surface area contributed by atoms with Crippen molar-refractivity contribution in [2.45, 2.75) is 51.9 Å². The molecule has 19 heavy (non-hydrogen) atoms. The average Bonchev–Trinajstić information content (AvgIpc) is 2.68. The van der Waals surface area contributed by atoms with Crippen LogP contribution < -0.4 is 10.6 Å². The highest BCUT2D eigenvalue weighted by molar-refractivity contribution is 5.49. The molecule has 0 bridgehead atoms. The molecule has 0 aromatic carbocycles. The first-order valence-corrected chi connectivity index (χ1v) is 7.64. The Kier molecular flexibility index (Phi) is 5.58. The Hall–Kier alpha value is -1.16. The van der Waals surface area contributed by atoms with Crippen LogP contribution in [-0.2, 0) is 12.8 Å². The van der Waals surface area contributed by atoms with Gasteiger partial charge in [-0.1, -0.05) is 19.8 Å². The summed E-state index contributed by atoms with van der Waals surface area (Å²) in [5, 5.41) is 0. The van der Waals surface area contributed by atoms with Crippen molar-refractivity contribution in [3.05, 3.63) is 17.6 Å². The number of aryl methyl sites for hydroxylation is 1. The Morgan fingerprint density at radius 3 is 2.79 bits per heavy atom. The highest BCUT2D eigenvalue weighted by atomic mass is 15.2. The Morgan fingerprint density at radius 1 is 1.16 bits per heavy atom. The first-order valence-electron chi connectivity index (χ1n) is 7.64. The van der Waals surface area contributed by atoms with Crippen molar-refractivity contribution in [1.29, 1.82) is 0 Å². The fourth-order valence-corrected chi connectivity index (χ4v) is 2.78. The number of hydrogen-bond donors (Lipinski definition) is 1. The van der Waals surface area contributed by atoms with Gasteiger partial charge in [-0.15, -0.1) is 0 Å². The molecule has 4 heteroatoms. The van der Waals surface area contributed by atoms with E-state index in [9.17, 15) is 0 Å². The summed E-state index contributed by atoms with van der Waals surface area (Å²) in [5.41, 5.74) is 8.40. The number of anilines is 1. The molecule has 0 saturated carbocycles. The van der Waals surface area contributed by atoms with Gasteiger partial charge in [0, 0.05) is 30.9 Å². The minimum atomic E-state index is 0.683. The molecule has 1 aromatic heterocycles. The molecule has 0 atom stereocenters. The molecule has 0 amide bonds. The lowest BCUT2D eigenvalue weighted by Crippen LogP contribution is -2.32. The minimum Gasteiger partial charge on any atom is -0.355 e. The molecule has 4 nitrogen and oxygen atoms in total. The number of nitrogens with zero attached hydrogens (tertiary/aromatic N) is 3. The van der Waals surface area contributed by atoms with E-state index in [1.165, 1.54) is 43.4 Å². The summed E-state index contributed by atoms with van der Waals surface area (Å²) in [7, 11) is 0. The van der Waals surface area contributed by atoms with Gasteiger partial charge in [-0.3, -0.25) is 0 Å². The molecule has 0 unspecified atom stereocenters. The summed E-state index contributed by atoms with van der Waals surface area (Å²) in [6, 6.07) is 0. The highest BCUT2D eigenvalue weighted by Gasteiger charge is 2.18. The molecule has 1 aliphatic carbocycles. The highest BCUT2D eigenvalue weighted by Crippen LogP contribution is 2.26. The Morgan fingerprint density at radius 2 is 2.00 bits per heavy atom. The fourth-order valence-electron chi connectivity index (χ4n) is 2.78. The molecule has 0 radical (unpaired) electrons. The number of fused-ring (bicyclic) bond motifs is 1. The van der Waals surface area contributed by atoms with Crippen molar-refractivity contribution in [1.82, 2.24) is 9.97 Å². The van der Waals surface area contributed by atoms with Gasteiger partial charge in [-0.05, 0) is 32.1 Å². The first kappa shape index (κ1) is 14.3. The standard InChI is InChI=1S/C15H26N4/c1-2-3-10-19(11-9-16)15-13-7-5-4-6-8-14(13)17-12-18-15/h12H,2-11,16H2,1H3. The van der Waals surface area contributed by atoms with E-state index in [-0.39, 0.29) is 0 Å². The summed E-state index contributed by atoms with van der Waals surface area (Å²) >= 11 is 0. The van der Waals surface area contributed by atoms with Crippen LogP contribution in [0.3, 0.4) is 0 Å². The van der Waals surface area contributed by atoms with Crippen LogP contribution in [0.4, 0.5) is 5.82 Å². The van der Waals surface area contributed by atoms with Crippen LogP contribution in [0.5, 0.6) is 0 Å². The van der Waals surface area contributed by atoms with E-state index in [0.717, 1.165) is 31.7 Å². The predicted octanol–water partition coefficient (Wildman–Crippen LogP) is 2.31. The number of aromatic nitrogens is 2. The number of rotatable bonds is 6. The van der Waals surface area contributed by atoms with Gasteiger partial charge < -0.3 is 10.6 Å². The van der Waals surface area contributed by atoms with E-state index in [2.05, 4.69) is 21.8 Å². The first-order chi connectivity index (χ1) is 9.36. The summed E-state index contributed by atoms with van der Waals surface area (Å²) in [6.45, 7) is 4.85. The third-order valence-corrected chi connectivity index (χ3v) is 3.83. The monoisotopic (exact) mass is 262 g/mol. The van der Waals surface area contributed by atoms with Crippen LogP contribution in [0.1, 0.15) is 50.3 Å². The second kappa shape index (κ2) is 7.43. The lowest BCUT2D eigenvalue weighted by Gasteiger charge is -2.25. The molecule has 106 valence electrons. The molecule has 1 aromatic rings. The van der Waals surface area contributed by atoms with Gasteiger partial charge in [0.25, 0.3) is 0 Å². The molecule has 2 rings (SSSR count). The number of unbranched alkanes of at least 4 members (excludes halogenated alkanes) is 1. The molecule has 0 spiro atoms. The molecule has 1 heterocycles. The van der Waals surface area contributed by atoms with Crippen LogP contribution in [0.15, 0.2) is 6.33 Å². The second-order valence-corrected chi connectivity index (χ2v) is 5.31. The van der Waals surface area contributed by atoms with E-state index >= 15 is 0 Å². The maximum absolute atomic E-state index is 5.76. The molecule has 0 saturated heterocycles. The van der Waals surface area contributed by atoms with Crippen LogP contribution in [0.25, 0.3) is 0 Å². The largest absolute Gasteiger partial charge is 0.355 e. The summed E-state index contributed by atoms with van der Waals surface area (Å²) in [6.07, 6.45) is 10.2. The van der Waals surface area contributed by atoms with Crippen molar-refractivity contribution in [3.63, 3.8) is 0 Å². The molecular formula is C15H26N4. The van der Waals surface area contributed by atoms with E-state index in [4.69, 9.17) is 5.73 Å². The quantitative estimate of drug-likeness (QED) is 0.799. The van der Waals surface area contributed by atoms with Crippen molar-refractivity contribution in [3.8, 4) is 0 Å². The molecule has 0 fully saturated rings. The smallest absolute Gasteiger partial charge is 0.135 e. The Balaban J connectivity index is 2.25. The van der Waals surface area contributed by atoms with E-state index in [1.807, 2.05) is 0 Å². The fraction of sp³-hybridized carbons (Fsp3) is 0.733. The van der Waals surface area contributed by atoms with Gasteiger partial charge in [-0.25, -0.2) is 9.97 Å². The van der Waals surface area contributed by atoms with E-state index in [0.29, 0.717) is 6.54 Å². The van der Waals surface area contributed by atoms with Crippen molar-refractivity contribution in [2.24, 2.45) is 5.73 Å². The van der Waals surface area contributed by atoms with Crippen LogP contribution in [0, 0.1) is 0 Å². The third-order valence-electron chi connectivity index (χ3n) is 3.83. The van der Waals surface area contributed by atoms with Crippen LogP contribution in [-0.4, -0.2) is 29.6 Å². The summed E-state index contributed by atoms with van der Waals surface area (Å²) in [4.78, 5) is 11.4. The lowest BCUT2D eigenvalue weighted by atomic mass is 10.1. The molecule has 2 N–H and O–H groups in total. The molecule has 0 aliphatic heterocycles. The van der Waals surface area contributed by atoms with Gasteiger partial charge in [0.2, 0.25) is 0 Å². The van der Waals surface area contributed by atoms with E-state index in [1.54, 1.807) is 6.33 Å². The van der Waals surface area contributed by atoms with Crippen molar-refractivity contribution < 1.29 is 0 Å². The van der Waals surface area contributed by atoms with E-state index < -0.39 is 0 Å². The predicted molar refractivity (Wildman–Crippen MR) is 79.5 cm³/mol. The van der Waals surface area contributed by atoms with Crippen LogP contribution >= 0.6 is 0 Å². The minimum absolute atomic E-state index is 0.683. The zero-order valence-electron chi connectivity index (χ0n) is 12.1. The second-order valence-electron chi connectivity index (χ2n) is 5.31. The maximum Gasteiger partial charge on any atom is 0.135 e. The van der Waals surface area contributed by atoms with Gasteiger partial charge in [-0.2, -0.15) is 0 Å². The molecular weight excluding hydrogens is 236 g/mol. The van der Waals surface area contributed by atoms with Gasteiger partial charge in [0.1, 0.15) is 12.1 Å². The molecule has 1 aliphatic rings. The van der Waals surface area contributed by atoms with Crippen molar-refractivity contribution in [2.75, 3.05) is 24.5 Å². The number of hydrogen-bond acceptors (Lipinski definition) is 4. The lowest BCUT2D eigenvalue weighted by molar-refractivity contribution is 0.695. The van der Waals surface area contributed by atoms with Crippen molar-refractivity contribution >= 4 is 5.82 Å². The third kappa shape index (κ3) is 3.66. The zero-order chi connectivity index (χ0) is 13.5. The average molecular weight is 262 g/mol. The van der Waals surface area contributed by atoms with Gasteiger partial charge >= 0.3 is 0 Å². The topological polar surface area (TPSA) is 55.0 Å². The normalized spacial score (nSPS) is 14.8. The zero-order valence-corrected chi connectivity index (χ0v) is 12.1.